The first-order valence-electron chi connectivity index (χ1n) is 7.66. The molecule has 23 heavy (non-hydrogen) atoms. The highest BCUT2D eigenvalue weighted by atomic mass is 16.6. The van der Waals surface area contributed by atoms with Gasteiger partial charge in [-0.25, -0.2) is 0 Å². The Morgan fingerprint density at radius 1 is 1.52 bits per heavy atom. The van der Waals surface area contributed by atoms with E-state index in [9.17, 15) is 14.9 Å². The molecule has 0 saturated carbocycles. The Balaban J connectivity index is 2.14. The van der Waals surface area contributed by atoms with Crippen LogP contribution in [0, 0.1) is 27.4 Å². The largest absolute Gasteiger partial charge is 0.369 e. The van der Waals surface area contributed by atoms with Gasteiger partial charge in [0.05, 0.1) is 4.92 Å². The van der Waals surface area contributed by atoms with Gasteiger partial charge in [-0.3, -0.25) is 14.9 Å². The molecule has 0 aromatic heterocycles. The number of amides is 1. The second-order valence-electron chi connectivity index (χ2n) is 6.02. The number of nitro groups is 1. The lowest BCUT2D eigenvalue weighted by atomic mass is 10.0. The molecule has 1 fully saturated rings. The van der Waals surface area contributed by atoms with Crippen molar-refractivity contribution in [2.24, 2.45) is 5.92 Å². The number of carbonyl (C=O) groups is 1. The maximum Gasteiger partial charge on any atom is 0.287 e. The van der Waals surface area contributed by atoms with Gasteiger partial charge in [0.25, 0.3) is 5.69 Å². The summed E-state index contributed by atoms with van der Waals surface area (Å²) in [6, 6.07) is 6.50. The lowest BCUT2D eigenvalue weighted by Gasteiger charge is -2.35. The standard InChI is InChI=1S/C16H20N4O3/c1-11(2)16(21)18-13-4-3-7-19(10-13)14-5-6-15(20(22)23)12(8-14)9-17/h5-6,8,11,13H,3-4,7,10H2,1-2H3,(H,18,21). The van der Waals surface area contributed by atoms with Gasteiger partial charge >= 0.3 is 0 Å². The molecule has 7 nitrogen and oxygen atoms in total. The average molecular weight is 316 g/mol. The molecular formula is C16H20N4O3. The Morgan fingerprint density at radius 3 is 2.87 bits per heavy atom. The Morgan fingerprint density at radius 2 is 2.26 bits per heavy atom. The van der Waals surface area contributed by atoms with E-state index >= 15 is 0 Å². The minimum Gasteiger partial charge on any atom is -0.369 e. The molecule has 0 aliphatic carbocycles. The number of rotatable bonds is 4. The van der Waals surface area contributed by atoms with Gasteiger partial charge in [-0.15, -0.1) is 0 Å². The molecule has 0 bridgehead atoms. The predicted molar refractivity (Wildman–Crippen MR) is 86.0 cm³/mol. The van der Waals surface area contributed by atoms with Crippen LogP contribution in [0.25, 0.3) is 0 Å². The number of nitro benzene ring substituents is 1. The van der Waals surface area contributed by atoms with Gasteiger partial charge in [-0.05, 0) is 25.0 Å². The van der Waals surface area contributed by atoms with Crippen molar-refractivity contribution >= 4 is 17.3 Å². The minimum absolute atomic E-state index is 0.0262. The number of benzene rings is 1. The van der Waals surface area contributed by atoms with Gasteiger partial charge in [0.1, 0.15) is 11.6 Å². The van der Waals surface area contributed by atoms with E-state index in [-0.39, 0.29) is 29.1 Å². The fourth-order valence-electron chi connectivity index (χ4n) is 2.67. The molecule has 2 rings (SSSR count). The van der Waals surface area contributed by atoms with Crippen LogP contribution in [0.15, 0.2) is 18.2 Å². The summed E-state index contributed by atoms with van der Waals surface area (Å²) in [4.78, 5) is 24.2. The second kappa shape index (κ2) is 7.09. The van der Waals surface area contributed by atoms with Crippen LogP contribution in [0.3, 0.4) is 0 Å². The van der Waals surface area contributed by atoms with Crippen LogP contribution in [0.1, 0.15) is 32.3 Å². The van der Waals surface area contributed by atoms with E-state index in [4.69, 9.17) is 5.26 Å². The first-order chi connectivity index (χ1) is 10.9. The third kappa shape index (κ3) is 3.97. The van der Waals surface area contributed by atoms with E-state index in [0.717, 1.165) is 25.1 Å². The molecule has 1 aliphatic rings. The monoisotopic (exact) mass is 316 g/mol. The summed E-state index contributed by atoms with van der Waals surface area (Å²) in [6.45, 7) is 5.15. The number of nitrogens with zero attached hydrogens (tertiary/aromatic N) is 3. The number of nitrogens with one attached hydrogen (secondary N) is 1. The smallest absolute Gasteiger partial charge is 0.287 e. The summed E-state index contributed by atoms with van der Waals surface area (Å²) in [5, 5.41) is 23.0. The summed E-state index contributed by atoms with van der Waals surface area (Å²) in [5.74, 6) is -0.0341. The maximum atomic E-state index is 11.8. The maximum absolute atomic E-state index is 11.8. The quantitative estimate of drug-likeness (QED) is 0.678. The third-order valence-electron chi connectivity index (χ3n) is 3.95. The fraction of sp³-hybridized carbons (Fsp3) is 0.500. The molecule has 1 aromatic rings. The number of hydrogen-bond acceptors (Lipinski definition) is 5. The molecule has 122 valence electrons. The first-order valence-corrected chi connectivity index (χ1v) is 7.66. The number of carbonyl (C=O) groups excluding carboxylic acids is 1. The number of nitriles is 1. The van der Waals surface area contributed by atoms with Gasteiger partial charge in [0.15, 0.2) is 0 Å². The highest BCUT2D eigenvalue weighted by Gasteiger charge is 2.24. The minimum atomic E-state index is -0.551. The lowest BCUT2D eigenvalue weighted by Crippen LogP contribution is -2.48. The van der Waals surface area contributed by atoms with Crippen molar-refractivity contribution < 1.29 is 9.72 Å². The van der Waals surface area contributed by atoms with Crippen LogP contribution in [0.2, 0.25) is 0 Å². The van der Waals surface area contributed by atoms with Gasteiger partial charge in [-0.2, -0.15) is 5.26 Å². The van der Waals surface area contributed by atoms with Crippen molar-refractivity contribution in [3.63, 3.8) is 0 Å². The topological polar surface area (TPSA) is 99.3 Å². The summed E-state index contributed by atoms with van der Waals surface area (Å²) in [6.07, 6.45) is 1.83. The normalized spacial score (nSPS) is 17.7. The summed E-state index contributed by atoms with van der Waals surface area (Å²) in [5.41, 5.74) is 0.648. The molecule has 1 saturated heterocycles. The van der Waals surface area contributed by atoms with E-state index in [2.05, 4.69) is 10.2 Å². The highest BCUT2D eigenvalue weighted by Crippen LogP contribution is 2.26. The molecule has 0 spiro atoms. The fourth-order valence-corrected chi connectivity index (χ4v) is 2.67. The van der Waals surface area contributed by atoms with Crippen LogP contribution in [0.4, 0.5) is 11.4 Å². The van der Waals surface area contributed by atoms with Crippen LogP contribution in [-0.4, -0.2) is 30.0 Å². The molecule has 1 unspecified atom stereocenters. The van der Waals surface area contributed by atoms with Gasteiger partial charge < -0.3 is 10.2 Å². The highest BCUT2D eigenvalue weighted by molar-refractivity contribution is 5.78. The van der Waals surface area contributed by atoms with Crippen molar-refractivity contribution in [3.8, 4) is 6.07 Å². The molecule has 0 radical (unpaired) electrons. The molecule has 1 amide bonds. The van der Waals surface area contributed by atoms with E-state index in [1.54, 1.807) is 12.1 Å². The molecule has 7 heteroatoms. The van der Waals surface area contributed by atoms with Crippen LogP contribution in [0.5, 0.6) is 0 Å². The SMILES string of the molecule is CC(C)C(=O)NC1CCCN(c2ccc([N+](=O)[O-])c(C#N)c2)C1. The molecule has 1 aromatic carbocycles. The molecule has 1 N–H and O–H groups in total. The molecule has 1 atom stereocenters. The Bertz CT molecular complexity index is 651. The van der Waals surface area contributed by atoms with E-state index in [1.807, 2.05) is 19.9 Å². The van der Waals surface area contributed by atoms with E-state index < -0.39 is 4.92 Å². The van der Waals surface area contributed by atoms with Crippen molar-refractivity contribution in [2.45, 2.75) is 32.7 Å². The molecular weight excluding hydrogens is 296 g/mol. The number of piperidine rings is 1. The Hall–Kier alpha value is -2.62. The number of anilines is 1. The van der Waals surface area contributed by atoms with Crippen LogP contribution < -0.4 is 10.2 Å². The number of hydrogen-bond donors (Lipinski definition) is 1. The lowest BCUT2D eigenvalue weighted by molar-refractivity contribution is -0.385. The third-order valence-corrected chi connectivity index (χ3v) is 3.95. The summed E-state index contributed by atoms with van der Waals surface area (Å²) < 4.78 is 0. The van der Waals surface area contributed by atoms with E-state index in [0.29, 0.717) is 6.54 Å². The van der Waals surface area contributed by atoms with Crippen molar-refractivity contribution in [2.75, 3.05) is 18.0 Å². The Labute approximate surface area is 135 Å². The van der Waals surface area contributed by atoms with Crippen LogP contribution >= 0.6 is 0 Å². The van der Waals surface area contributed by atoms with Crippen molar-refractivity contribution in [1.82, 2.24) is 5.32 Å². The Kier molecular flexibility index (Phi) is 5.16. The zero-order valence-electron chi connectivity index (χ0n) is 13.3. The van der Waals surface area contributed by atoms with Crippen LogP contribution in [-0.2, 0) is 4.79 Å². The predicted octanol–water partition coefficient (Wildman–Crippen LogP) is 2.21. The zero-order valence-corrected chi connectivity index (χ0v) is 13.3. The second-order valence-corrected chi connectivity index (χ2v) is 6.02. The van der Waals surface area contributed by atoms with Gasteiger partial charge in [-0.1, -0.05) is 13.8 Å². The van der Waals surface area contributed by atoms with Gasteiger partial charge in [0.2, 0.25) is 5.91 Å². The average Bonchev–Trinajstić information content (AvgIpc) is 2.54. The summed E-state index contributed by atoms with van der Waals surface area (Å²) >= 11 is 0. The summed E-state index contributed by atoms with van der Waals surface area (Å²) in [7, 11) is 0. The van der Waals surface area contributed by atoms with Crippen molar-refractivity contribution in [1.29, 1.82) is 5.26 Å². The molecule has 1 heterocycles. The van der Waals surface area contributed by atoms with E-state index in [1.165, 1.54) is 6.07 Å². The van der Waals surface area contributed by atoms with Gasteiger partial charge in [0, 0.05) is 36.8 Å². The van der Waals surface area contributed by atoms with Crippen molar-refractivity contribution in [3.05, 3.63) is 33.9 Å². The molecule has 1 aliphatic heterocycles. The zero-order chi connectivity index (χ0) is 17.0. The first kappa shape index (κ1) is 16.7.